The van der Waals surface area contributed by atoms with Crippen LogP contribution in [0.5, 0.6) is 0 Å². The number of esters is 1. The molecule has 162 valence electrons. The first-order valence-corrected chi connectivity index (χ1v) is 10.4. The second-order valence-electron chi connectivity index (χ2n) is 7.48. The molecule has 0 fully saturated rings. The topological polar surface area (TPSA) is 83.0 Å². The van der Waals surface area contributed by atoms with Crippen molar-refractivity contribution in [1.82, 2.24) is 20.0 Å². The van der Waals surface area contributed by atoms with Gasteiger partial charge in [0.25, 0.3) is 5.89 Å². The van der Waals surface area contributed by atoms with Crippen molar-refractivity contribution in [2.45, 2.75) is 13.5 Å². The minimum atomic E-state index is -0.521. The van der Waals surface area contributed by atoms with Gasteiger partial charge in [0.05, 0.1) is 5.69 Å². The molecule has 0 radical (unpaired) electrons. The largest absolute Gasteiger partial charge is 0.452 e. The molecule has 0 saturated heterocycles. The molecule has 0 saturated carbocycles. The van der Waals surface area contributed by atoms with E-state index in [2.05, 4.69) is 15.3 Å². The Hall–Kier alpha value is -4.52. The lowest BCUT2D eigenvalue weighted by molar-refractivity contribution is 0.0439. The average Bonchev–Trinajstić information content (AvgIpc) is 3.52. The van der Waals surface area contributed by atoms with Gasteiger partial charge in [-0.15, -0.1) is 10.2 Å². The fraction of sp³-hybridized carbons (Fsp3) is 0.0769. The molecule has 0 spiro atoms. The number of carbonyl (C=O) groups is 1. The highest BCUT2D eigenvalue weighted by atomic mass is 16.5. The van der Waals surface area contributed by atoms with Crippen LogP contribution in [0.3, 0.4) is 0 Å². The molecule has 5 rings (SSSR count). The van der Waals surface area contributed by atoms with E-state index in [1.54, 1.807) is 10.9 Å². The van der Waals surface area contributed by atoms with Gasteiger partial charge >= 0.3 is 5.97 Å². The van der Waals surface area contributed by atoms with E-state index in [4.69, 9.17) is 9.15 Å². The van der Waals surface area contributed by atoms with Crippen LogP contribution in [0.2, 0.25) is 0 Å². The molecule has 2 aromatic heterocycles. The van der Waals surface area contributed by atoms with Crippen molar-refractivity contribution in [2.75, 3.05) is 0 Å². The van der Waals surface area contributed by atoms with Crippen molar-refractivity contribution in [1.29, 1.82) is 0 Å². The van der Waals surface area contributed by atoms with Gasteiger partial charge in [-0.25, -0.2) is 9.48 Å². The summed E-state index contributed by atoms with van der Waals surface area (Å²) in [4.78, 5) is 13.0. The maximum atomic E-state index is 13.0. The Labute approximate surface area is 190 Å². The predicted molar refractivity (Wildman–Crippen MR) is 123 cm³/mol. The highest BCUT2D eigenvalue weighted by Gasteiger charge is 2.21. The Bertz CT molecular complexity index is 1370. The van der Waals surface area contributed by atoms with E-state index in [9.17, 15) is 4.79 Å². The van der Waals surface area contributed by atoms with Crippen molar-refractivity contribution in [3.8, 4) is 28.4 Å². The fourth-order valence-electron chi connectivity index (χ4n) is 3.38. The lowest BCUT2D eigenvalue weighted by atomic mass is 10.1. The van der Waals surface area contributed by atoms with Gasteiger partial charge < -0.3 is 9.15 Å². The van der Waals surface area contributed by atoms with Crippen LogP contribution in [0.1, 0.15) is 21.8 Å². The lowest BCUT2D eigenvalue weighted by Crippen LogP contribution is -2.06. The third-order valence-corrected chi connectivity index (χ3v) is 5.09. The van der Waals surface area contributed by atoms with Gasteiger partial charge in [-0.3, -0.25) is 0 Å². The Morgan fingerprint density at radius 1 is 0.879 bits per heavy atom. The number of carbonyl (C=O) groups excluding carboxylic acids is 1. The minimum Gasteiger partial charge on any atom is -0.452 e. The summed E-state index contributed by atoms with van der Waals surface area (Å²) in [7, 11) is 0. The number of para-hydroxylation sites is 1. The molecule has 0 aliphatic heterocycles. The molecular formula is C26H20N4O3. The van der Waals surface area contributed by atoms with Crippen molar-refractivity contribution >= 4 is 5.97 Å². The molecule has 0 aliphatic carbocycles. The van der Waals surface area contributed by atoms with Crippen LogP contribution < -0.4 is 0 Å². The van der Waals surface area contributed by atoms with Gasteiger partial charge in [-0.2, -0.15) is 5.10 Å². The second-order valence-corrected chi connectivity index (χ2v) is 7.48. The molecule has 3 aromatic carbocycles. The molecule has 7 heteroatoms. The second kappa shape index (κ2) is 8.92. The first kappa shape index (κ1) is 20.4. The standard InChI is InChI=1S/C26H20N4O3/c1-18-12-14-19(15-13-18)24-22(16-30(29-24)21-10-6-3-7-11-21)26(31)32-17-23-27-28-25(33-23)20-8-4-2-5-9-20/h2-16H,17H2,1H3. The summed E-state index contributed by atoms with van der Waals surface area (Å²) in [5.41, 5.74) is 4.48. The maximum Gasteiger partial charge on any atom is 0.342 e. The fourth-order valence-corrected chi connectivity index (χ4v) is 3.38. The van der Waals surface area contributed by atoms with Gasteiger partial charge in [0.15, 0.2) is 6.61 Å². The number of hydrogen-bond donors (Lipinski definition) is 0. The maximum absolute atomic E-state index is 13.0. The van der Waals surface area contributed by atoms with Gasteiger partial charge in [-0.05, 0) is 31.2 Å². The molecule has 0 N–H and O–H groups in total. The third kappa shape index (κ3) is 4.43. The Balaban J connectivity index is 1.40. The van der Waals surface area contributed by atoms with E-state index >= 15 is 0 Å². The minimum absolute atomic E-state index is 0.136. The molecule has 0 unspecified atom stereocenters. The van der Waals surface area contributed by atoms with Crippen molar-refractivity contribution in [3.05, 3.63) is 108 Å². The number of aryl methyl sites for hydroxylation is 1. The van der Waals surface area contributed by atoms with E-state index in [1.807, 2.05) is 91.9 Å². The van der Waals surface area contributed by atoms with E-state index in [1.165, 1.54) is 0 Å². The van der Waals surface area contributed by atoms with Gasteiger partial charge in [0.1, 0.15) is 11.3 Å². The quantitative estimate of drug-likeness (QED) is 0.338. The number of nitrogens with zero attached hydrogens (tertiary/aromatic N) is 4. The van der Waals surface area contributed by atoms with Crippen LogP contribution in [-0.2, 0) is 11.3 Å². The Morgan fingerprint density at radius 2 is 1.58 bits per heavy atom. The summed E-state index contributed by atoms with van der Waals surface area (Å²) < 4.78 is 12.8. The number of hydrogen-bond acceptors (Lipinski definition) is 6. The van der Waals surface area contributed by atoms with Crippen molar-refractivity contribution in [3.63, 3.8) is 0 Å². The summed E-state index contributed by atoms with van der Waals surface area (Å²) in [6, 6.07) is 26.9. The van der Waals surface area contributed by atoms with Crippen LogP contribution in [0.4, 0.5) is 0 Å². The van der Waals surface area contributed by atoms with Gasteiger partial charge in [-0.1, -0.05) is 66.2 Å². The van der Waals surface area contributed by atoms with Gasteiger partial charge in [0.2, 0.25) is 5.89 Å². The number of ether oxygens (including phenoxy) is 1. The van der Waals surface area contributed by atoms with Crippen LogP contribution >= 0.6 is 0 Å². The summed E-state index contributed by atoms with van der Waals surface area (Å²) in [5.74, 6) is 0.0700. The van der Waals surface area contributed by atoms with E-state index in [0.717, 1.165) is 22.4 Å². The molecule has 0 amide bonds. The zero-order chi connectivity index (χ0) is 22.6. The Kier molecular flexibility index (Phi) is 5.51. The predicted octanol–water partition coefficient (Wildman–Crippen LogP) is 5.25. The van der Waals surface area contributed by atoms with Gasteiger partial charge in [0, 0.05) is 17.3 Å². The summed E-state index contributed by atoms with van der Waals surface area (Å²) >= 11 is 0. The lowest BCUT2D eigenvalue weighted by Gasteiger charge is -2.03. The zero-order valence-electron chi connectivity index (χ0n) is 17.9. The third-order valence-electron chi connectivity index (χ3n) is 5.09. The Morgan fingerprint density at radius 3 is 2.30 bits per heavy atom. The van der Waals surface area contributed by atoms with Crippen molar-refractivity contribution < 1.29 is 13.9 Å². The normalized spacial score (nSPS) is 10.8. The van der Waals surface area contributed by atoms with E-state index in [0.29, 0.717) is 17.1 Å². The first-order chi connectivity index (χ1) is 16.2. The van der Waals surface area contributed by atoms with Crippen molar-refractivity contribution in [2.24, 2.45) is 0 Å². The van der Waals surface area contributed by atoms with Crippen LogP contribution in [0.25, 0.3) is 28.4 Å². The molecular weight excluding hydrogens is 416 g/mol. The molecule has 0 aliphatic rings. The summed E-state index contributed by atoms with van der Waals surface area (Å²) in [6.45, 7) is 1.87. The molecule has 7 nitrogen and oxygen atoms in total. The SMILES string of the molecule is Cc1ccc(-c2nn(-c3ccccc3)cc2C(=O)OCc2nnc(-c3ccccc3)o2)cc1. The smallest absolute Gasteiger partial charge is 0.342 e. The van der Waals surface area contributed by atoms with E-state index in [-0.39, 0.29) is 12.5 Å². The molecule has 2 heterocycles. The highest BCUT2D eigenvalue weighted by Crippen LogP contribution is 2.25. The molecule has 0 atom stereocenters. The van der Waals surface area contributed by atoms with Crippen LogP contribution in [-0.4, -0.2) is 25.9 Å². The molecule has 5 aromatic rings. The summed E-state index contributed by atoms with van der Waals surface area (Å²) in [6.07, 6.45) is 1.68. The number of rotatable bonds is 6. The van der Waals surface area contributed by atoms with Crippen LogP contribution in [0, 0.1) is 6.92 Å². The molecule has 0 bridgehead atoms. The number of benzene rings is 3. The van der Waals surface area contributed by atoms with E-state index < -0.39 is 5.97 Å². The molecule has 33 heavy (non-hydrogen) atoms. The average molecular weight is 436 g/mol. The van der Waals surface area contributed by atoms with Crippen LogP contribution in [0.15, 0.2) is 95.5 Å². The summed E-state index contributed by atoms with van der Waals surface area (Å²) in [5, 5.41) is 12.7. The first-order valence-electron chi connectivity index (χ1n) is 10.4. The zero-order valence-corrected chi connectivity index (χ0v) is 17.9. The highest BCUT2D eigenvalue weighted by molar-refractivity contribution is 5.96. The monoisotopic (exact) mass is 436 g/mol. The number of aromatic nitrogens is 4.